The molecule has 0 heteroatoms. The Bertz CT molecular complexity index is 133. The number of hydrogen-bond donors (Lipinski definition) is 0. The summed E-state index contributed by atoms with van der Waals surface area (Å²) in [7, 11) is 0. The number of rotatable bonds is 4. The molecule has 1 saturated carbocycles. The van der Waals surface area contributed by atoms with Crippen LogP contribution in [0.1, 0.15) is 59.8 Å². The van der Waals surface area contributed by atoms with Crippen LogP contribution in [0.25, 0.3) is 0 Å². The summed E-state index contributed by atoms with van der Waals surface area (Å²) in [6.07, 6.45) is 7.30. The van der Waals surface area contributed by atoms with Crippen LogP contribution in [-0.2, 0) is 0 Å². The summed E-state index contributed by atoms with van der Waals surface area (Å²) in [6, 6.07) is 0. The zero-order chi connectivity index (χ0) is 9.19. The van der Waals surface area contributed by atoms with Gasteiger partial charge in [-0.2, -0.15) is 0 Å². The Morgan fingerprint density at radius 2 is 2.00 bits per heavy atom. The maximum atomic E-state index is 2.43. The first-order valence-electron chi connectivity index (χ1n) is 5.52. The summed E-state index contributed by atoms with van der Waals surface area (Å²) in [5.74, 6) is 1.93. The SMILES string of the molecule is CC(C)CCCC1CCC1(C)C. The van der Waals surface area contributed by atoms with Gasteiger partial charge in [-0.05, 0) is 36.5 Å². The van der Waals surface area contributed by atoms with Crippen LogP contribution < -0.4 is 0 Å². The van der Waals surface area contributed by atoms with E-state index >= 15 is 0 Å². The van der Waals surface area contributed by atoms with Crippen molar-refractivity contribution in [1.29, 1.82) is 0 Å². The molecule has 72 valence electrons. The Morgan fingerprint density at radius 1 is 1.33 bits per heavy atom. The second-order valence-corrected chi connectivity index (χ2v) is 5.55. The predicted octanol–water partition coefficient (Wildman–Crippen LogP) is 4.25. The molecule has 1 aliphatic rings. The molecule has 0 radical (unpaired) electrons. The van der Waals surface area contributed by atoms with Gasteiger partial charge in [-0.1, -0.05) is 40.5 Å². The minimum atomic E-state index is 0.678. The van der Waals surface area contributed by atoms with Crippen LogP contribution in [0.4, 0.5) is 0 Å². The molecule has 1 fully saturated rings. The maximum absolute atomic E-state index is 2.43. The van der Waals surface area contributed by atoms with E-state index in [0.29, 0.717) is 5.41 Å². The Morgan fingerprint density at radius 3 is 2.33 bits per heavy atom. The largest absolute Gasteiger partial charge is 0.0628 e. The third-order valence-corrected chi connectivity index (χ3v) is 3.58. The van der Waals surface area contributed by atoms with Crippen LogP contribution >= 0.6 is 0 Å². The average Bonchev–Trinajstić information content (AvgIpc) is 1.95. The minimum Gasteiger partial charge on any atom is -0.0628 e. The van der Waals surface area contributed by atoms with Gasteiger partial charge in [0.05, 0.1) is 0 Å². The first kappa shape index (κ1) is 10.1. The molecular formula is C12H24. The minimum absolute atomic E-state index is 0.678. The summed E-state index contributed by atoms with van der Waals surface area (Å²) in [5, 5.41) is 0. The second-order valence-electron chi connectivity index (χ2n) is 5.55. The molecular weight excluding hydrogens is 144 g/mol. The Kier molecular flexibility index (Phi) is 3.20. The third-order valence-electron chi connectivity index (χ3n) is 3.58. The molecule has 0 bridgehead atoms. The predicted molar refractivity (Wildman–Crippen MR) is 55.2 cm³/mol. The highest BCUT2D eigenvalue weighted by Crippen LogP contribution is 2.48. The Hall–Kier alpha value is 0. The van der Waals surface area contributed by atoms with Gasteiger partial charge in [0, 0.05) is 0 Å². The third kappa shape index (κ3) is 2.50. The Balaban J connectivity index is 2.08. The van der Waals surface area contributed by atoms with Crippen LogP contribution in [-0.4, -0.2) is 0 Å². The molecule has 0 saturated heterocycles. The zero-order valence-electron chi connectivity index (χ0n) is 9.19. The van der Waals surface area contributed by atoms with Crippen molar-refractivity contribution in [2.24, 2.45) is 17.3 Å². The zero-order valence-corrected chi connectivity index (χ0v) is 9.19. The van der Waals surface area contributed by atoms with E-state index in [0.717, 1.165) is 11.8 Å². The smallest absolute Gasteiger partial charge is 0.0326 e. The molecule has 1 rings (SSSR count). The monoisotopic (exact) mass is 168 g/mol. The van der Waals surface area contributed by atoms with E-state index in [-0.39, 0.29) is 0 Å². The van der Waals surface area contributed by atoms with Gasteiger partial charge in [0.1, 0.15) is 0 Å². The fraction of sp³-hybridized carbons (Fsp3) is 1.00. The molecule has 0 heterocycles. The van der Waals surface area contributed by atoms with E-state index in [9.17, 15) is 0 Å². The van der Waals surface area contributed by atoms with Crippen LogP contribution in [0.5, 0.6) is 0 Å². The molecule has 1 unspecified atom stereocenters. The highest BCUT2D eigenvalue weighted by atomic mass is 14.4. The van der Waals surface area contributed by atoms with Crippen molar-refractivity contribution < 1.29 is 0 Å². The molecule has 1 aliphatic carbocycles. The summed E-state index contributed by atoms with van der Waals surface area (Å²) < 4.78 is 0. The molecule has 0 aliphatic heterocycles. The van der Waals surface area contributed by atoms with Gasteiger partial charge in [-0.15, -0.1) is 0 Å². The fourth-order valence-corrected chi connectivity index (χ4v) is 2.23. The van der Waals surface area contributed by atoms with E-state index in [2.05, 4.69) is 27.7 Å². The maximum Gasteiger partial charge on any atom is -0.0326 e. The normalized spacial score (nSPS) is 27.2. The highest BCUT2D eigenvalue weighted by Gasteiger charge is 2.37. The quantitative estimate of drug-likeness (QED) is 0.588. The van der Waals surface area contributed by atoms with Crippen molar-refractivity contribution in [3.63, 3.8) is 0 Å². The molecule has 0 spiro atoms. The van der Waals surface area contributed by atoms with E-state index in [1.54, 1.807) is 0 Å². The van der Waals surface area contributed by atoms with Gasteiger partial charge in [0.2, 0.25) is 0 Å². The van der Waals surface area contributed by atoms with Crippen molar-refractivity contribution in [3.05, 3.63) is 0 Å². The van der Waals surface area contributed by atoms with Gasteiger partial charge < -0.3 is 0 Å². The molecule has 0 N–H and O–H groups in total. The van der Waals surface area contributed by atoms with Crippen LogP contribution in [0, 0.1) is 17.3 Å². The van der Waals surface area contributed by atoms with E-state index < -0.39 is 0 Å². The van der Waals surface area contributed by atoms with Crippen molar-refractivity contribution in [2.75, 3.05) is 0 Å². The highest BCUT2D eigenvalue weighted by molar-refractivity contribution is 4.88. The van der Waals surface area contributed by atoms with Crippen LogP contribution in [0.2, 0.25) is 0 Å². The summed E-state index contributed by atoms with van der Waals surface area (Å²) in [5.41, 5.74) is 0.678. The van der Waals surface area contributed by atoms with Crippen LogP contribution in [0.15, 0.2) is 0 Å². The first-order chi connectivity index (χ1) is 5.52. The summed E-state index contributed by atoms with van der Waals surface area (Å²) in [6.45, 7) is 9.50. The van der Waals surface area contributed by atoms with Gasteiger partial charge in [0.25, 0.3) is 0 Å². The van der Waals surface area contributed by atoms with E-state index in [1.807, 2.05) is 0 Å². The lowest BCUT2D eigenvalue weighted by Gasteiger charge is -2.45. The lowest BCUT2D eigenvalue weighted by atomic mass is 9.61. The van der Waals surface area contributed by atoms with Crippen LogP contribution in [0.3, 0.4) is 0 Å². The standard InChI is InChI=1S/C12H24/c1-10(2)6-5-7-11-8-9-12(11,3)4/h10-11H,5-9H2,1-4H3. The van der Waals surface area contributed by atoms with Gasteiger partial charge in [0.15, 0.2) is 0 Å². The Labute approximate surface area is 77.7 Å². The summed E-state index contributed by atoms with van der Waals surface area (Å²) >= 11 is 0. The topological polar surface area (TPSA) is 0 Å². The van der Waals surface area contributed by atoms with Gasteiger partial charge in [-0.25, -0.2) is 0 Å². The molecule has 0 aromatic rings. The van der Waals surface area contributed by atoms with Gasteiger partial charge >= 0.3 is 0 Å². The van der Waals surface area contributed by atoms with E-state index in [1.165, 1.54) is 32.1 Å². The molecule has 0 amide bonds. The molecule has 0 aromatic carbocycles. The van der Waals surface area contributed by atoms with Crippen molar-refractivity contribution in [1.82, 2.24) is 0 Å². The second kappa shape index (κ2) is 3.81. The fourth-order valence-electron chi connectivity index (χ4n) is 2.23. The number of hydrogen-bond acceptors (Lipinski definition) is 0. The molecule has 1 atom stereocenters. The van der Waals surface area contributed by atoms with Crippen molar-refractivity contribution >= 4 is 0 Å². The van der Waals surface area contributed by atoms with Gasteiger partial charge in [-0.3, -0.25) is 0 Å². The van der Waals surface area contributed by atoms with E-state index in [4.69, 9.17) is 0 Å². The van der Waals surface area contributed by atoms with Crippen molar-refractivity contribution in [2.45, 2.75) is 59.8 Å². The molecule has 12 heavy (non-hydrogen) atoms. The molecule has 0 aromatic heterocycles. The average molecular weight is 168 g/mol. The summed E-state index contributed by atoms with van der Waals surface area (Å²) in [4.78, 5) is 0. The first-order valence-corrected chi connectivity index (χ1v) is 5.52. The van der Waals surface area contributed by atoms with Crippen molar-refractivity contribution in [3.8, 4) is 0 Å². The molecule has 0 nitrogen and oxygen atoms in total. The lowest BCUT2D eigenvalue weighted by Crippen LogP contribution is -2.34. The lowest BCUT2D eigenvalue weighted by molar-refractivity contribution is 0.0616.